The monoisotopic (exact) mass is 367 g/mol. The van der Waals surface area contributed by atoms with E-state index in [0.29, 0.717) is 5.22 Å². The maximum absolute atomic E-state index is 6.09. The van der Waals surface area contributed by atoms with E-state index in [1.165, 1.54) is 11.3 Å². The first-order chi connectivity index (χ1) is 8.61. The Morgan fingerprint density at radius 2 is 2.22 bits per heavy atom. The second-order valence-electron chi connectivity index (χ2n) is 3.80. The van der Waals surface area contributed by atoms with Crippen molar-refractivity contribution in [3.05, 3.63) is 42.9 Å². The highest BCUT2D eigenvalue weighted by atomic mass is 79.9. The van der Waals surface area contributed by atoms with Gasteiger partial charge in [0.15, 0.2) is 5.22 Å². The zero-order valence-electron chi connectivity index (χ0n) is 9.67. The molecule has 2 aromatic rings. The summed E-state index contributed by atoms with van der Waals surface area (Å²) < 4.78 is 7.15. The SMILES string of the molecule is CCCNC(c1ccc(Cl)o1)c1cc(Br)c(Cl)s1. The van der Waals surface area contributed by atoms with E-state index in [1.54, 1.807) is 6.07 Å². The van der Waals surface area contributed by atoms with Crippen molar-refractivity contribution < 1.29 is 4.42 Å². The fourth-order valence-corrected chi connectivity index (χ4v) is 3.59. The van der Waals surface area contributed by atoms with E-state index in [9.17, 15) is 0 Å². The van der Waals surface area contributed by atoms with Gasteiger partial charge in [0.2, 0.25) is 0 Å². The Labute approximate surface area is 128 Å². The number of halogens is 3. The molecule has 18 heavy (non-hydrogen) atoms. The van der Waals surface area contributed by atoms with Crippen molar-refractivity contribution in [3.8, 4) is 0 Å². The number of hydrogen-bond donors (Lipinski definition) is 1. The summed E-state index contributed by atoms with van der Waals surface area (Å²) in [5.74, 6) is 0.805. The molecule has 0 amide bonds. The van der Waals surface area contributed by atoms with Crippen LogP contribution in [0.4, 0.5) is 0 Å². The van der Waals surface area contributed by atoms with Gasteiger partial charge in [-0.3, -0.25) is 0 Å². The molecular formula is C12H12BrCl2NOS. The van der Waals surface area contributed by atoms with E-state index < -0.39 is 0 Å². The van der Waals surface area contributed by atoms with E-state index in [1.807, 2.05) is 12.1 Å². The van der Waals surface area contributed by atoms with Gasteiger partial charge >= 0.3 is 0 Å². The van der Waals surface area contributed by atoms with Gasteiger partial charge < -0.3 is 9.73 Å². The summed E-state index contributed by atoms with van der Waals surface area (Å²) in [6.45, 7) is 3.02. The smallest absolute Gasteiger partial charge is 0.193 e. The van der Waals surface area contributed by atoms with E-state index in [4.69, 9.17) is 27.6 Å². The topological polar surface area (TPSA) is 25.2 Å². The lowest BCUT2D eigenvalue weighted by atomic mass is 10.2. The van der Waals surface area contributed by atoms with Crippen LogP contribution in [-0.2, 0) is 0 Å². The summed E-state index contributed by atoms with van der Waals surface area (Å²) in [6, 6.07) is 5.64. The quantitative estimate of drug-likeness (QED) is 0.753. The van der Waals surface area contributed by atoms with Gasteiger partial charge in [0.05, 0.1) is 0 Å². The molecule has 0 aromatic carbocycles. The van der Waals surface area contributed by atoms with Crippen molar-refractivity contribution in [1.29, 1.82) is 0 Å². The summed E-state index contributed by atoms with van der Waals surface area (Å²) in [4.78, 5) is 1.10. The van der Waals surface area contributed by atoms with Crippen LogP contribution >= 0.6 is 50.5 Å². The second-order valence-corrected chi connectivity index (χ2v) is 6.71. The second kappa shape index (κ2) is 6.44. The molecule has 0 saturated carbocycles. The average molecular weight is 369 g/mol. The molecule has 6 heteroatoms. The van der Waals surface area contributed by atoms with Gasteiger partial charge in [-0.2, -0.15) is 0 Å². The highest BCUT2D eigenvalue weighted by Gasteiger charge is 2.20. The third-order valence-electron chi connectivity index (χ3n) is 2.43. The summed E-state index contributed by atoms with van der Waals surface area (Å²) in [7, 11) is 0. The molecule has 0 aliphatic heterocycles. The van der Waals surface area contributed by atoms with Crippen molar-refractivity contribution in [2.75, 3.05) is 6.54 Å². The van der Waals surface area contributed by atoms with Crippen LogP contribution in [0.5, 0.6) is 0 Å². The highest BCUT2D eigenvalue weighted by molar-refractivity contribution is 9.10. The first-order valence-electron chi connectivity index (χ1n) is 5.55. The Morgan fingerprint density at radius 3 is 2.72 bits per heavy atom. The van der Waals surface area contributed by atoms with Crippen LogP contribution in [0.1, 0.15) is 30.0 Å². The normalized spacial score (nSPS) is 12.9. The zero-order chi connectivity index (χ0) is 13.1. The Hall–Kier alpha value is -0.000000000000000139. The Kier molecular flexibility index (Phi) is 5.15. The molecule has 98 valence electrons. The number of hydrogen-bond acceptors (Lipinski definition) is 3. The number of thiophene rings is 1. The third kappa shape index (κ3) is 3.31. The van der Waals surface area contributed by atoms with Crippen LogP contribution in [0, 0.1) is 0 Å². The molecule has 0 spiro atoms. The number of nitrogens with one attached hydrogen (secondary N) is 1. The van der Waals surface area contributed by atoms with Gasteiger partial charge in [0.25, 0.3) is 0 Å². The maximum atomic E-state index is 6.09. The van der Waals surface area contributed by atoms with Crippen molar-refractivity contribution in [2.45, 2.75) is 19.4 Å². The molecule has 2 rings (SSSR count). The van der Waals surface area contributed by atoms with Gasteiger partial charge in [0.1, 0.15) is 16.1 Å². The van der Waals surface area contributed by atoms with Crippen molar-refractivity contribution in [2.24, 2.45) is 0 Å². The molecule has 0 fully saturated rings. The van der Waals surface area contributed by atoms with Crippen molar-refractivity contribution in [3.63, 3.8) is 0 Å². The van der Waals surface area contributed by atoms with E-state index in [-0.39, 0.29) is 6.04 Å². The van der Waals surface area contributed by atoms with Crippen LogP contribution in [0.2, 0.25) is 9.56 Å². The van der Waals surface area contributed by atoms with Gasteiger partial charge in [-0.05, 0) is 58.7 Å². The molecule has 0 aliphatic rings. The van der Waals surface area contributed by atoms with Crippen LogP contribution in [0.25, 0.3) is 0 Å². The maximum Gasteiger partial charge on any atom is 0.193 e. The van der Waals surface area contributed by atoms with E-state index in [0.717, 1.165) is 32.4 Å². The molecule has 1 N–H and O–H groups in total. The van der Waals surface area contributed by atoms with Crippen LogP contribution in [0.15, 0.2) is 27.1 Å². The van der Waals surface area contributed by atoms with Crippen LogP contribution < -0.4 is 5.32 Å². The standard InChI is InChI=1S/C12H12BrCl2NOS/c1-2-5-16-11(8-3-4-10(14)17-8)9-6-7(13)12(15)18-9/h3-4,6,11,16H,2,5H2,1H3. The average Bonchev–Trinajstić information content (AvgIpc) is 2.88. The highest BCUT2D eigenvalue weighted by Crippen LogP contribution is 2.38. The minimum atomic E-state index is -0.00810. The molecule has 2 nitrogen and oxygen atoms in total. The molecular weight excluding hydrogens is 357 g/mol. The fraction of sp³-hybridized carbons (Fsp3) is 0.333. The number of rotatable bonds is 5. The summed E-state index contributed by atoms with van der Waals surface area (Å²) in [5, 5.41) is 3.83. The van der Waals surface area contributed by atoms with E-state index >= 15 is 0 Å². The van der Waals surface area contributed by atoms with Gasteiger partial charge in [-0.1, -0.05) is 18.5 Å². The van der Waals surface area contributed by atoms with Crippen LogP contribution in [-0.4, -0.2) is 6.54 Å². The molecule has 0 radical (unpaired) electrons. The molecule has 1 atom stereocenters. The summed E-state index contributed by atoms with van der Waals surface area (Å²) in [6.07, 6.45) is 1.05. The van der Waals surface area contributed by atoms with Gasteiger partial charge in [-0.25, -0.2) is 0 Å². The first kappa shape index (κ1) is 14.4. The lowest BCUT2D eigenvalue weighted by Gasteiger charge is -2.14. The zero-order valence-corrected chi connectivity index (χ0v) is 13.6. The van der Waals surface area contributed by atoms with Crippen molar-refractivity contribution in [1.82, 2.24) is 5.32 Å². The number of furan rings is 1. The molecule has 0 aliphatic carbocycles. The van der Waals surface area contributed by atoms with Crippen molar-refractivity contribution >= 4 is 50.5 Å². The summed E-state index contributed by atoms with van der Waals surface area (Å²) >= 11 is 16.9. The molecule has 2 aromatic heterocycles. The Morgan fingerprint density at radius 1 is 1.44 bits per heavy atom. The first-order valence-corrected chi connectivity index (χ1v) is 7.91. The molecule has 1 unspecified atom stereocenters. The largest absolute Gasteiger partial charge is 0.448 e. The lowest BCUT2D eigenvalue weighted by molar-refractivity contribution is 0.451. The predicted octanol–water partition coefficient (Wildman–Crippen LogP) is 5.50. The van der Waals surface area contributed by atoms with Gasteiger partial charge in [0, 0.05) is 9.35 Å². The lowest BCUT2D eigenvalue weighted by Crippen LogP contribution is -2.21. The minimum Gasteiger partial charge on any atom is -0.448 e. The van der Waals surface area contributed by atoms with Crippen LogP contribution in [0.3, 0.4) is 0 Å². The predicted molar refractivity (Wildman–Crippen MR) is 80.9 cm³/mol. The fourth-order valence-electron chi connectivity index (χ4n) is 1.62. The third-order valence-corrected chi connectivity index (χ3v) is 5.17. The van der Waals surface area contributed by atoms with E-state index in [2.05, 4.69) is 28.2 Å². The molecule has 0 bridgehead atoms. The minimum absolute atomic E-state index is 0.00810. The Bertz CT molecular complexity index is 506. The molecule has 0 saturated heterocycles. The molecule has 2 heterocycles. The Balaban J connectivity index is 2.30. The summed E-state index contributed by atoms with van der Waals surface area (Å²) in [5.41, 5.74) is 0. The van der Waals surface area contributed by atoms with Gasteiger partial charge in [-0.15, -0.1) is 11.3 Å².